The standard InChI is InChI=1S/C16H23NO2/c1-16(18,10-17-14-6-7-14)11-19-15-8-5-12-3-2-4-13(12)9-15/h5,8-9,14,17-18H,2-4,6-7,10-11H2,1H3. The molecular weight excluding hydrogens is 238 g/mol. The molecule has 3 rings (SSSR count). The third-order valence-electron chi connectivity index (χ3n) is 3.97. The molecule has 1 fully saturated rings. The summed E-state index contributed by atoms with van der Waals surface area (Å²) in [7, 11) is 0. The summed E-state index contributed by atoms with van der Waals surface area (Å²) in [5.41, 5.74) is 2.06. The maximum Gasteiger partial charge on any atom is 0.119 e. The summed E-state index contributed by atoms with van der Waals surface area (Å²) >= 11 is 0. The molecule has 2 aliphatic rings. The lowest BCUT2D eigenvalue weighted by molar-refractivity contribution is 0.0120. The Bertz CT molecular complexity index is 452. The van der Waals surface area contributed by atoms with Gasteiger partial charge in [-0.3, -0.25) is 0 Å². The number of hydrogen-bond acceptors (Lipinski definition) is 3. The molecule has 1 saturated carbocycles. The molecule has 0 radical (unpaired) electrons. The van der Waals surface area contributed by atoms with Crippen molar-refractivity contribution in [2.24, 2.45) is 0 Å². The Hall–Kier alpha value is -1.06. The highest BCUT2D eigenvalue weighted by Crippen LogP contribution is 2.26. The van der Waals surface area contributed by atoms with Crippen molar-refractivity contribution in [2.45, 2.75) is 50.7 Å². The van der Waals surface area contributed by atoms with Crippen LogP contribution < -0.4 is 10.1 Å². The minimum Gasteiger partial charge on any atom is -0.491 e. The highest BCUT2D eigenvalue weighted by atomic mass is 16.5. The van der Waals surface area contributed by atoms with Crippen LogP contribution in [0.15, 0.2) is 18.2 Å². The van der Waals surface area contributed by atoms with Crippen LogP contribution in [0.25, 0.3) is 0 Å². The molecule has 1 unspecified atom stereocenters. The van der Waals surface area contributed by atoms with Crippen molar-refractivity contribution >= 4 is 0 Å². The smallest absolute Gasteiger partial charge is 0.119 e. The Labute approximate surface area is 115 Å². The molecule has 2 N–H and O–H groups in total. The summed E-state index contributed by atoms with van der Waals surface area (Å²) < 4.78 is 5.76. The van der Waals surface area contributed by atoms with Crippen molar-refractivity contribution in [3.05, 3.63) is 29.3 Å². The van der Waals surface area contributed by atoms with Gasteiger partial charge in [0.1, 0.15) is 18.0 Å². The zero-order valence-corrected chi connectivity index (χ0v) is 11.6. The average Bonchev–Trinajstić information content (AvgIpc) is 3.11. The van der Waals surface area contributed by atoms with E-state index in [1.165, 1.54) is 36.8 Å². The molecule has 3 heteroatoms. The van der Waals surface area contributed by atoms with Crippen molar-refractivity contribution in [2.75, 3.05) is 13.2 Å². The lowest BCUT2D eigenvalue weighted by Gasteiger charge is -2.24. The largest absolute Gasteiger partial charge is 0.491 e. The molecule has 3 nitrogen and oxygen atoms in total. The topological polar surface area (TPSA) is 41.5 Å². The van der Waals surface area contributed by atoms with Gasteiger partial charge in [-0.1, -0.05) is 6.07 Å². The van der Waals surface area contributed by atoms with Gasteiger partial charge in [-0.25, -0.2) is 0 Å². The van der Waals surface area contributed by atoms with Gasteiger partial charge in [0.25, 0.3) is 0 Å². The lowest BCUT2D eigenvalue weighted by Crippen LogP contribution is -2.43. The Morgan fingerprint density at radius 3 is 2.89 bits per heavy atom. The summed E-state index contributed by atoms with van der Waals surface area (Å²) in [4.78, 5) is 0. The van der Waals surface area contributed by atoms with E-state index in [0.29, 0.717) is 19.2 Å². The van der Waals surface area contributed by atoms with Gasteiger partial charge >= 0.3 is 0 Å². The van der Waals surface area contributed by atoms with Crippen LogP contribution in [0.3, 0.4) is 0 Å². The highest BCUT2D eigenvalue weighted by Gasteiger charge is 2.27. The van der Waals surface area contributed by atoms with Crippen LogP contribution in [0.2, 0.25) is 0 Å². The molecule has 0 bridgehead atoms. The molecule has 1 aromatic rings. The molecule has 0 spiro atoms. The van der Waals surface area contributed by atoms with Crippen LogP contribution in [0.5, 0.6) is 5.75 Å². The molecule has 0 amide bonds. The van der Waals surface area contributed by atoms with Crippen LogP contribution in [-0.2, 0) is 12.8 Å². The number of aliphatic hydroxyl groups is 1. The van der Waals surface area contributed by atoms with Crippen molar-refractivity contribution in [1.82, 2.24) is 5.32 Å². The van der Waals surface area contributed by atoms with Gasteiger partial charge < -0.3 is 15.2 Å². The second-order valence-corrected chi connectivity index (χ2v) is 6.22. The number of aryl methyl sites for hydroxylation is 2. The Morgan fingerprint density at radius 1 is 1.32 bits per heavy atom. The molecule has 2 aliphatic carbocycles. The van der Waals surface area contributed by atoms with Gasteiger partial charge in [-0.2, -0.15) is 0 Å². The van der Waals surface area contributed by atoms with Gasteiger partial charge in [0.2, 0.25) is 0 Å². The zero-order chi connectivity index (χ0) is 13.3. The Balaban J connectivity index is 1.52. The first-order valence-corrected chi connectivity index (χ1v) is 7.33. The van der Waals surface area contributed by atoms with E-state index in [0.717, 1.165) is 12.2 Å². The quantitative estimate of drug-likeness (QED) is 0.823. The molecule has 104 valence electrons. The molecule has 1 aromatic carbocycles. The van der Waals surface area contributed by atoms with Gasteiger partial charge in [-0.05, 0) is 62.3 Å². The van der Waals surface area contributed by atoms with Gasteiger partial charge in [0.05, 0.1) is 0 Å². The normalized spacial score (nSPS) is 20.9. The predicted octanol–water partition coefficient (Wildman–Crippen LogP) is 2.06. The van der Waals surface area contributed by atoms with E-state index < -0.39 is 5.60 Å². The molecule has 0 heterocycles. The number of benzene rings is 1. The van der Waals surface area contributed by atoms with Crippen molar-refractivity contribution in [3.8, 4) is 5.75 Å². The first-order valence-electron chi connectivity index (χ1n) is 7.33. The molecule has 19 heavy (non-hydrogen) atoms. The number of ether oxygens (including phenoxy) is 1. The maximum absolute atomic E-state index is 10.3. The Kier molecular flexibility index (Phi) is 3.50. The summed E-state index contributed by atoms with van der Waals surface area (Å²) in [5.74, 6) is 0.882. The molecular formula is C16H23NO2. The average molecular weight is 261 g/mol. The van der Waals surface area contributed by atoms with E-state index in [-0.39, 0.29) is 0 Å². The second-order valence-electron chi connectivity index (χ2n) is 6.22. The van der Waals surface area contributed by atoms with Crippen molar-refractivity contribution < 1.29 is 9.84 Å². The molecule has 0 aromatic heterocycles. The van der Waals surface area contributed by atoms with E-state index in [4.69, 9.17) is 4.74 Å². The zero-order valence-electron chi connectivity index (χ0n) is 11.6. The van der Waals surface area contributed by atoms with Gasteiger partial charge in [0, 0.05) is 12.6 Å². The fourth-order valence-corrected chi connectivity index (χ4v) is 2.58. The van der Waals surface area contributed by atoms with E-state index in [1.807, 2.05) is 13.0 Å². The first kappa shape index (κ1) is 12.9. The number of rotatable bonds is 6. The highest BCUT2D eigenvalue weighted by molar-refractivity contribution is 5.38. The SMILES string of the molecule is CC(O)(CNC1CC1)COc1ccc2c(c1)CCC2. The van der Waals surface area contributed by atoms with Gasteiger partial charge in [-0.15, -0.1) is 0 Å². The van der Waals surface area contributed by atoms with Crippen molar-refractivity contribution in [1.29, 1.82) is 0 Å². The van der Waals surface area contributed by atoms with E-state index in [2.05, 4.69) is 17.4 Å². The van der Waals surface area contributed by atoms with Crippen molar-refractivity contribution in [3.63, 3.8) is 0 Å². The Morgan fingerprint density at radius 2 is 2.11 bits per heavy atom. The summed E-state index contributed by atoms with van der Waals surface area (Å²) in [6, 6.07) is 6.93. The molecule has 0 aliphatic heterocycles. The van der Waals surface area contributed by atoms with E-state index in [9.17, 15) is 5.11 Å². The lowest BCUT2D eigenvalue weighted by atomic mass is 10.1. The monoisotopic (exact) mass is 261 g/mol. The second kappa shape index (κ2) is 5.14. The fraction of sp³-hybridized carbons (Fsp3) is 0.625. The molecule has 0 saturated heterocycles. The van der Waals surface area contributed by atoms with Crippen LogP contribution >= 0.6 is 0 Å². The number of fused-ring (bicyclic) bond motifs is 1. The minimum absolute atomic E-state index is 0.339. The maximum atomic E-state index is 10.3. The molecule has 1 atom stereocenters. The van der Waals surface area contributed by atoms with Gasteiger partial charge in [0.15, 0.2) is 0 Å². The van der Waals surface area contributed by atoms with Crippen LogP contribution in [0, 0.1) is 0 Å². The van der Waals surface area contributed by atoms with E-state index >= 15 is 0 Å². The summed E-state index contributed by atoms with van der Waals surface area (Å²) in [5, 5.41) is 13.6. The number of nitrogens with one attached hydrogen (secondary N) is 1. The summed E-state index contributed by atoms with van der Waals surface area (Å²) in [6.45, 7) is 2.77. The minimum atomic E-state index is -0.804. The van der Waals surface area contributed by atoms with Crippen LogP contribution in [0.1, 0.15) is 37.3 Å². The predicted molar refractivity (Wildman–Crippen MR) is 75.6 cm³/mol. The fourth-order valence-electron chi connectivity index (χ4n) is 2.58. The third-order valence-corrected chi connectivity index (χ3v) is 3.97. The summed E-state index contributed by atoms with van der Waals surface area (Å²) in [6.07, 6.45) is 6.08. The number of hydrogen-bond donors (Lipinski definition) is 2. The third kappa shape index (κ3) is 3.48. The van der Waals surface area contributed by atoms with E-state index in [1.54, 1.807) is 0 Å². The first-order chi connectivity index (χ1) is 9.12. The van der Waals surface area contributed by atoms with Crippen LogP contribution in [0.4, 0.5) is 0 Å². The van der Waals surface area contributed by atoms with Crippen LogP contribution in [-0.4, -0.2) is 29.9 Å².